The van der Waals surface area contributed by atoms with Gasteiger partial charge in [-0.15, -0.1) is 0 Å². The highest BCUT2D eigenvalue weighted by Gasteiger charge is 2.33. The summed E-state index contributed by atoms with van der Waals surface area (Å²) in [6, 6.07) is 16.6. The van der Waals surface area contributed by atoms with Crippen molar-refractivity contribution in [2.45, 2.75) is 25.1 Å². The fourth-order valence-corrected chi connectivity index (χ4v) is 4.09. The largest absolute Gasteiger partial charge is 0.416 e. The topological polar surface area (TPSA) is 105 Å². The maximum absolute atomic E-state index is 13.4. The highest BCUT2D eigenvalue weighted by Crippen LogP contribution is 2.34. The molecule has 4 rings (SSSR count). The third-order valence-electron chi connectivity index (χ3n) is 5.87. The monoisotopic (exact) mass is 496 g/mol. The number of halogens is 3. The first-order valence-electron chi connectivity index (χ1n) is 11.2. The lowest BCUT2D eigenvalue weighted by molar-refractivity contribution is -0.137. The zero-order valence-corrected chi connectivity index (χ0v) is 19.0. The number of benzene rings is 3. The van der Waals surface area contributed by atoms with Crippen molar-refractivity contribution >= 4 is 29.2 Å². The number of carbonyl (C=O) groups excluding carboxylic acids is 3. The van der Waals surface area contributed by atoms with E-state index in [4.69, 9.17) is 5.73 Å². The Hall–Kier alpha value is -4.34. The van der Waals surface area contributed by atoms with Crippen molar-refractivity contribution in [1.82, 2.24) is 5.32 Å². The van der Waals surface area contributed by atoms with Crippen LogP contribution < -0.4 is 21.3 Å². The van der Waals surface area contributed by atoms with Crippen LogP contribution in [0.25, 0.3) is 11.1 Å². The fourth-order valence-electron chi connectivity index (χ4n) is 4.09. The van der Waals surface area contributed by atoms with Gasteiger partial charge in [-0.2, -0.15) is 13.2 Å². The molecule has 0 bridgehead atoms. The van der Waals surface area contributed by atoms with E-state index in [2.05, 4.69) is 10.6 Å². The molecule has 1 atom stereocenters. The normalized spacial score (nSPS) is 15.9. The SMILES string of the molecule is NC(=O)c1ccc(-c2ccccc2)c(N2CCCC(NC(=O)Nc3ccc(C(F)(F)F)cc3)C2=O)c1. The lowest BCUT2D eigenvalue weighted by Gasteiger charge is -2.34. The first-order chi connectivity index (χ1) is 17.1. The van der Waals surface area contributed by atoms with E-state index in [-0.39, 0.29) is 17.2 Å². The lowest BCUT2D eigenvalue weighted by atomic mass is 9.97. The molecule has 186 valence electrons. The predicted molar refractivity (Wildman–Crippen MR) is 129 cm³/mol. The van der Waals surface area contributed by atoms with Crippen LogP contribution >= 0.6 is 0 Å². The summed E-state index contributed by atoms with van der Waals surface area (Å²) in [6.45, 7) is 0.375. The zero-order chi connectivity index (χ0) is 25.9. The van der Waals surface area contributed by atoms with E-state index in [1.807, 2.05) is 30.3 Å². The molecule has 36 heavy (non-hydrogen) atoms. The van der Waals surface area contributed by atoms with Gasteiger partial charge in [-0.1, -0.05) is 36.4 Å². The number of piperidine rings is 1. The number of nitrogens with two attached hydrogens (primary N) is 1. The van der Waals surface area contributed by atoms with Crippen LogP contribution in [0.1, 0.15) is 28.8 Å². The number of carbonyl (C=O) groups is 3. The maximum atomic E-state index is 13.4. The van der Waals surface area contributed by atoms with Gasteiger partial charge in [0.2, 0.25) is 11.8 Å². The van der Waals surface area contributed by atoms with E-state index >= 15 is 0 Å². The molecule has 1 unspecified atom stereocenters. The molecule has 1 fully saturated rings. The van der Waals surface area contributed by atoms with Crippen molar-refractivity contribution in [1.29, 1.82) is 0 Å². The maximum Gasteiger partial charge on any atom is 0.416 e. The van der Waals surface area contributed by atoms with Gasteiger partial charge in [0.15, 0.2) is 0 Å². The molecule has 1 aliphatic heterocycles. The molecule has 3 aromatic rings. The molecular weight excluding hydrogens is 473 g/mol. The second-order valence-electron chi connectivity index (χ2n) is 8.32. The standard InChI is InChI=1S/C26H23F3N4O3/c27-26(28,29)18-9-11-19(12-10-18)31-25(36)32-21-7-4-14-33(24(21)35)22-15-17(23(30)34)8-13-20(22)16-5-2-1-3-6-16/h1-3,5-6,8-13,15,21H,4,7,14H2,(H2,30,34)(H2,31,32,36). The first kappa shape index (κ1) is 24.8. The zero-order valence-electron chi connectivity index (χ0n) is 19.0. The Morgan fingerprint density at radius 2 is 1.67 bits per heavy atom. The Morgan fingerprint density at radius 3 is 2.31 bits per heavy atom. The molecule has 3 aromatic carbocycles. The molecule has 1 aliphatic rings. The number of alkyl halides is 3. The van der Waals surface area contributed by atoms with E-state index in [1.165, 1.54) is 4.90 Å². The number of urea groups is 1. The number of anilines is 2. The van der Waals surface area contributed by atoms with Gasteiger partial charge < -0.3 is 21.3 Å². The van der Waals surface area contributed by atoms with Gasteiger partial charge in [0.1, 0.15) is 6.04 Å². The quantitative estimate of drug-likeness (QED) is 0.473. The van der Waals surface area contributed by atoms with Gasteiger partial charge in [-0.3, -0.25) is 9.59 Å². The summed E-state index contributed by atoms with van der Waals surface area (Å²) in [5, 5.41) is 5.06. The Labute approximate surface area is 205 Å². The van der Waals surface area contributed by atoms with Crippen molar-refractivity contribution in [2.24, 2.45) is 5.73 Å². The van der Waals surface area contributed by atoms with E-state index in [0.29, 0.717) is 25.1 Å². The minimum atomic E-state index is -4.48. The number of nitrogens with one attached hydrogen (secondary N) is 2. The van der Waals surface area contributed by atoms with Gasteiger partial charge in [0.25, 0.3) is 0 Å². The van der Waals surface area contributed by atoms with Crippen molar-refractivity contribution in [3.8, 4) is 11.1 Å². The van der Waals surface area contributed by atoms with Gasteiger partial charge in [-0.05, 0) is 54.8 Å². The molecule has 0 aliphatic carbocycles. The minimum absolute atomic E-state index is 0.154. The smallest absolute Gasteiger partial charge is 0.366 e. The lowest BCUT2D eigenvalue weighted by Crippen LogP contribution is -2.53. The van der Waals surface area contributed by atoms with Crippen LogP contribution in [0.2, 0.25) is 0 Å². The van der Waals surface area contributed by atoms with E-state index < -0.39 is 29.7 Å². The second kappa shape index (κ2) is 10.1. The van der Waals surface area contributed by atoms with Crippen LogP contribution in [-0.4, -0.2) is 30.4 Å². The predicted octanol–water partition coefficient (Wildman–Crippen LogP) is 4.79. The summed E-state index contributed by atoms with van der Waals surface area (Å²) in [6.07, 6.45) is -3.53. The number of rotatable bonds is 5. The second-order valence-corrected chi connectivity index (χ2v) is 8.32. The number of nitrogens with zero attached hydrogens (tertiary/aromatic N) is 1. The van der Waals surface area contributed by atoms with Crippen LogP contribution in [0.15, 0.2) is 72.8 Å². The molecule has 0 spiro atoms. The van der Waals surface area contributed by atoms with Gasteiger partial charge >= 0.3 is 12.2 Å². The molecule has 0 radical (unpaired) electrons. The Kier molecular flexibility index (Phi) is 6.96. The molecule has 4 amide bonds. The Balaban J connectivity index is 1.53. The van der Waals surface area contributed by atoms with Crippen molar-refractivity contribution in [3.05, 3.63) is 83.9 Å². The molecule has 1 saturated heterocycles. The van der Waals surface area contributed by atoms with Gasteiger partial charge in [-0.25, -0.2) is 4.79 Å². The van der Waals surface area contributed by atoms with Crippen LogP contribution in [0.5, 0.6) is 0 Å². The highest BCUT2D eigenvalue weighted by molar-refractivity contribution is 6.05. The summed E-state index contributed by atoms with van der Waals surface area (Å²) < 4.78 is 38.2. The minimum Gasteiger partial charge on any atom is -0.366 e. The summed E-state index contributed by atoms with van der Waals surface area (Å²) in [5.41, 5.74) is 7.09. The van der Waals surface area contributed by atoms with E-state index in [0.717, 1.165) is 35.4 Å². The summed E-state index contributed by atoms with van der Waals surface area (Å²) >= 11 is 0. The first-order valence-corrected chi connectivity index (χ1v) is 11.2. The van der Waals surface area contributed by atoms with Crippen molar-refractivity contribution in [3.63, 3.8) is 0 Å². The molecule has 1 heterocycles. The van der Waals surface area contributed by atoms with Crippen molar-refractivity contribution in [2.75, 3.05) is 16.8 Å². The Morgan fingerprint density at radius 1 is 0.972 bits per heavy atom. The van der Waals surface area contributed by atoms with Crippen molar-refractivity contribution < 1.29 is 27.6 Å². The van der Waals surface area contributed by atoms with Gasteiger partial charge in [0.05, 0.1) is 11.3 Å². The molecule has 10 heteroatoms. The van der Waals surface area contributed by atoms with Gasteiger partial charge in [0, 0.05) is 23.4 Å². The number of amides is 4. The number of primary amides is 1. The van der Waals surface area contributed by atoms with Crippen LogP contribution in [0.4, 0.5) is 29.3 Å². The van der Waals surface area contributed by atoms with E-state index in [9.17, 15) is 27.6 Å². The summed E-state index contributed by atoms with van der Waals surface area (Å²) in [7, 11) is 0. The molecular formula is C26H23F3N4O3. The highest BCUT2D eigenvalue weighted by atomic mass is 19.4. The molecule has 0 aromatic heterocycles. The van der Waals surface area contributed by atoms with E-state index in [1.54, 1.807) is 18.2 Å². The van der Waals surface area contributed by atoms with Crippen LogP contribution in [0.3, 0.4) is 0 Å². The third-order valence-corrected chi connectivity index (χ3v) is 5.87. The molecule has 0 saturated carbocycles. The average molecular weight is 496 g/mol. The summed E-state index contributed by atoms with van der Waals surface area (Å²) in [5.74, 6) is -1.01. The molecule has 4 N–H and O–H groups in total. The van der Waals surface area contributed by atoms with Crippen LogP contribution in [-0.2, 0) is 11.0 Å². The Bertz CT molecular complexity index is 1280. The number of hydrogen-bond acceptors (Lipinski definition) is 3. The third kappa shape index (κ3) is 5.48. The number of hydrogen-bond donors (Lipinski definition) is 3. The summed E-state index contributed by atoms with van der Waals surface area (Å²) in [4.78, 5) is 39.2. The van der Waals surface area contributed by atoms with Crippen LogP contribution in [0, 0.1) is 0 Å². The average Bonchev–Trinajstić information content (AvgIpc) is 2.85. The fraction of sp³-hybridized carbons (Fsp3) is 0.192. The molecule has 7 nitrogen and oxygen atoms in total.